The van der Waals surface area contributed by atoms with Crippen molar-refractivity contribution in [2.24, 2.45) is 0 Å². The number of hydrogen-bond acceptors (Lipinski definition) is 4. The summed E-state index contributed by atoms with van der Waals surface area (Å²) in [5, 5.41) is 0. The van der Waals surface area contributed by atoms with Crippen LogP contribution in [0.3, 0.4) is 0 Å². The number of fused-ring (bicyclic) bond motifs is 1. The van der Waals surface area contributed by atoms with Gasteiger partial charge in [-0.1, -0.05) is 60.2 Å². The van der Waals surface area contributed by atoms with Crippen LogP contribution in [-0.2, 0) is 6.54 Å². The first kappa shape index (κ1) is 14.4. The van der Waals surface area contributed by atoms with Crippen LogP contribution in [0.2, 0.25) is 0 Å². The fourth-order valence-corrected chi connectivity index (χ4v) is 2.79. The van der Waals surface area contributed by atoms with Crippen LogP contribution in [-0.4, -0.2) is 19.5 Å². The molecule has 2 N–H and O–H groups in total. The van der Waals surface area contributed by atoms with Gasteiger partial charge in [0.1, 0.15) is 12.2 Å². The van der Waals surface area contributed by atoms with Gasteiger partial charge >= 0.3 is 0 Å². The van der Waals surface area contributed by atoms with E-state index in [-0.39, 0.29) is 0 Å². The molecule has 0 spiro atoms. The molecular weight excluding hydrogens is 298 g/mol. The second-order valence-corrected chi connectivity index (χ2v) is 5.80. The molecule has 0 bridgehead atoms. The molecule has 5 nitrogen and oxygen atoms in total. The molecule has 2 aromatic carbocycles. The van der Waals surface area contributed by atoms with Crippen molar-refractivity contribution < 1.29 is 0 Å². The molecule has 0 unspecified atom stereocenters. The van der Waals surface area contributed by atoms with Gasteiger partial charge in [-0.2, -0.15) is 0 Å². The maximum absolute atomic E-state index is 6.01. The summed E-state index contributed by atoms with van der Waals surface area (Å²) in [7, 11) is 0. The van der Waals surface area contributed by atoms with Gasteiger partial charge in [0.05, 0.1) is 6.54 Å². The van der Waals surface area contributed by atoms with E-state index < -0.39 is 0 Å². The fraction of sp³-hybridized carbons (Fsp3) is 0.105. The van der Waals surface area contributed by atoms with Crippen LogP contribution < -0.4 is 5.73 Å². The van der Waals surface area contributed by atoms with E-state index in [1.54, 1.807) is 0 Å². The number of nitrogens with zero attached hydrogens (tertiary/aromatic N) is 4. The van der Waals surface area contributed by atoms with Crippen molar-refractivity contribution in [2.45, 2.75) is 13.5 Å². The number of anilines is 1. The predicted molar refractivity (Wildman–Crippen MR) is 95.5 cm³/mol. The van der Waals surface area contributed by atoms with E-state index in [1.165, 1.54) is 17.5 Å². The van der Waals surface area contributed by atoms with Crippen LogP contribution in [0.5, 0.6) is 0 Å². The van der Waals surface area contributed by atoms with E-state index in [9.17, 15) is 0 Å². The van der Waals surface area contributed by atoms with Gasteiger partial charge in [0, 0.05) is 5.56 Å². The minimum Gasteiger partial charge on any atom is -0.382 e. The number of rotatable bonds is 3. The molecule has 4 aromatic rings. The maximum Gasteiger partial charge on any atom is 0.166 e. The molecule has 0 saturated heterocycles. The Bertz CT molecular complexity index is 988. The summed E-state index contributed by atoms with van der Waals surface area (Å²) in [4.78, 5) is 13.2. The van der Waals surface area contributed by atoms with Crippen molar-refractivity contribution in [3.8, 4) is 11.4 Å². The first-order chi connectivity index (χ1) is 11.7. The Balaban J connectivity index is 1.93. The molecule has 2 heterocycles. The summed E-state index contributed by atoms with van der Waals surface area (Å²) in [6.45, 7) is 2.75. The Labute approximate surface area is 139 Å². The van der Waals surface area contributed by atoms with E-state index in [0.29, 0.717) is 17.9 Å². The van der Waals surface area contributed by atoms with Gasteiger partial charge in [-0.15, -0.1) is 0 Å². The van der Waals surface area contributed by atoms with E-state index in [1.807, 2.05) is 18.2 Å². The highest BCUT2D eigenvalue weighted by Crippen LogP contribution is 2.26. The first-order valence-electron chi connectivity index (χ1n) is 7.80. The largest absolute Gasteiger partial charge is 0.382 e. The normalized spacial score (nSPS) is 11.0. The number of aryl methyl sites for hydroxylation is 1. The third kappa shape index (κ3) is 2.50. The van der Waals surface area contributed by atoms with E-state index >= 15 is 0 Å². The average Bonchev–Trinajstić information content (AvgIpc) is 2.97. The molecule has 0 amide bonds. The number of hydrogen-bond donors (Lipinski definition) is 1. The van der Waals surface area contributed by atoms with Crippen LogP contribution >= 0.6 is 0 Å². The van der Waals surface area contributed by atoms with Crippen molar-refractivity contribution in [2.75, 3.05) is 5.73 Å². The van der Waals surface area contributed by atoms with Gasteiger partial charge in [0.2, 0.25) is 0 Å². The number of imidazole rings is 1. The minimum atomic E-state index is 0.403. The van der Waals surface area contributed by atoms with E-state index in [2.05, 4.69) is 57.9 Å². The Kier molecular flexibility index (Phi) is 3.46. The number of benzene rings is 2. The lowest BCUT2D eigenvalue weighted by Crippen LogP contribution is -2.03. The van der Waals surface area contributed by atoms with Crippen molar-refractivity contribution in [1.82, 2.24) is 19.5 Å². The highest BCUT2D eigenvalue weighted by Gasteiger charge is 2.16. The monoisotopic (exact) mass is 315 g/mol. The summed E-state index contributed by atoms with van der Waals surface area (Å²) < 4.78 is 2.09. The van der Waals surface area contributed by atoms with Crippen LogP contribution in [0.4, 0.5) is 5.82 Å². The standard InChI is InChI=1S/C19H17N5/c1-13-7-9-15(10-8-13)18-23-16-17(20)21-12-22-19(16)24(18)11-14-5-3-2-4-6-14/h2-10,12H,11H2,1H3,(H2,20,21,22). The summed E-state index contributed by atoms with van der Waals surface area (Å²) in [5.74, 6) is 1.25. The zero-order valence-electron chi connectivity index (χ0n) is 13.3. The topological polar surface area (TPSA) is 69.6 Å². The van der Waals surface area contributed by atoms with Crippen molar-refractivity contribution >= 4 is 17.0 Å². The van der Waals surface area contributed by atoms with Gasteiger partial charge < -0.3 is 10.3 Å². The van der Waals surface area contributed by atoms with Crippen LogP contribution in [0.1, 0.15) is 11.1 Å². The smallest absolute Gasteiger partial charge is 0.166 e. The first-order valence-corrected chi connectivity index (χ1v) is 7.80. The van der Waals surface area contributed by atoms with Crippen LogP contribution in [0, 0.1) is 6.92 Å². The lowest BCUT2D eigenvalue weighted by Gasteiger charge is -2.09. The summed E-state index contributed by atoms with van der Waals surface area (Å²) >= 11 is 0. The van der Waals surface area contributed by atoms with Gasteiger partial charge in [0.25, 0.3) is 0 Å². The van der Waals surface area contributed by atoms with E-state index in [4.69, 9.17) is 10.7 Å². The highest BCUT2D eigenvalue weighted by atomic mass is 15.2. The quantitative estimate of drug-likeness (QED) is 0.629. The molecule has 4 rings (SSSR count). The fourth-order valence-electron chi connectivity index (χ4n) is 2.79. The van der Waals surface area contributed by atoms with Gasteiger partial charge in [-0.05, 0) is 12.5 Å². The van der Waals surface area contributed by atoms with Gasteiger partial charge in [-0.25, -0.2) is 15.0 Å². The molecule has 24 heavy (non-hydrogen) atoms. The van der Waals surface area contributed by atoms with E-state index in [0.717, 1.165) is 17.0 Å². The molecule has 5 heteroatoms. The Morgan fingerprint density at radius 2 is 1.71 bits per heavy atom. The molecule has 2 aromatic heterocycles. The third-order valence-corrected chi connectivity index (χ3v) is 4.05. The SMILES string of the molecule is Cc1ccc(-c2nc3c(N)ncnc3n2Cc2ccccc2)cc1. The second-order valence-electron chi connectivity index (χ2n) is 5.80. The maximum atomic E-state index is 6.01. The van der Waals surface area contributed by atoms with Crippen molar-refractivity contribution in [3.05, 3.63) is 72.1 Å². The predicted octanol–water partition coefficient (Wildman–Crippen LogP) is 3.43. The molecule has 0 aliphatic carbocycles. The number of aromatic nitrogens is 4. The average molecular weight is 315 g/mol. The molecule has 0 atom stereocenters. The summed E-state index contributed by atoms with van der Waals surface area (Å²) in [6.07, 6.45) is 1.49. The summed E-state index contributed by atoms with van der Waals surface area (Å²) in [6, 6.07) is 18.6. The minimum absolute atomic E-state index is 0.403. The van der Waals surface area contributed by atoms with Gasteiger partial charge in [-0.3, -0.25) is 0 Å². The zero-order valence-corrected chi connectivity index (χ0v) is 13.3. The number of nitrogens with two attached hydrogens (primary N) is 1. The lowest BCUT2D eigenvalue weighted by molar-refractivity contribution is 0.823. The molecule has 0 aliphatic rings. The van der Waals surface area contributed by atoms with Crippen LogP contribution in [0.25, 0.3) is 22.6 Å². The molecule has 0 aliphatic heterocycles. The zero-order chi connectivity index (χ0) is 16.5. The molecular formula is C19H17N5. The van der Waals surface area contributed by atoms with Crippen molar-refractivity contribution in [3.63, 3.8) is 0 Å². The Morgan fingerprint density at radius 1 is 0.958 bits per heavy atom. The number of nitrogen functional groups attached to an aromatic ring is 1. The molecule has 0 radical (unpaired) electrons. The molecule has 118 valence electrons. The molecule has 0 fully saturated rings. The third-order valence-electron chi connectivity index (χ3n) is 4.05. The summed E-state index contributed by atoms with van der Waals surface area (Å²) in [5.41, 5.74) is 10.8. The second kappa shape index (κ2) is 5.77. The molecule has 0 saturated carbocycles. The lowest BCUT2D eigenvalue weighted by atomic mass is 10.1. The Morgan fingerprint density at radius 3 is 2.46 bits per heavy atom. The highest BCUT2D eigenvalue weighted by molar-refractivity contribution is 5.85. The van der Waals surface area contributed by atoms with Gasteiger partial charge in [0.15, 0.2) is 17.0 Å². The van der Waals surface area contributed by atoms with Crippen LogP contribution in [0.15, 0.2) is 60.9 Å². The Hall–Kier alpha value is -3.21. The van der Waals surface area contributed by atoms with Crippen molar-refractivity contribution in [1.29, 1.82) is 0 Å².